The standard InChI is InChI=1S/C29H31N5O3S2/c1-18-19(2)33(21-11-7-6-8-12-21)20(3)26(18)28-27(24-13-9-10-16-30-24)31-29(38)34(28)22-14-15-23(25(17-22)37-4)32-39(5,35)36/h6-17,27-28,32H,1-5H3,(H,31,38)/t27-,28+/m0/s1. The van der Waals surface area contributed by atoms with Gasteiger partial charge in [0, 0.05) is 40.6 Å². The van der Waals surface area contributed by atoms with Crippen LogP contribution >= 0.6 is 12.2 Å². The van der Waals surface area contributed by atoms with Gasteiger partial charge in [0.15, 0.2) is 5.11 Å². The number of rotatable bonds is 7. The topological polar surface area (TPSA) is 88.5 Å². The van der Waals surface area contributed by atoms with Crippen LogP contribution in [0.2, 0.25) is 0 Å². The number of hydrogen-bond donors (Lipinski definition) is 2. The Labute approximate surface area is 234 Å². The highest BCUT2D eigenvalue weighted by Crippen LogP contribution is 2.46. The molecule has 1 aliphatic heterocycles. The molecule has 3 heterocycles. The Kier molecular flexibility index (Phi) is 7.09. The lowest BCUT2D eigenvalue weighted by Crippen LogP contribution is -2.30. The normalized spacial score (nSPS) is 17.3. The Bertz CT molecular complexity index is 1640. The third kappa shape index (κ3) is 4.97. The summed E-state index contributed by atoms with van der Waals surface area (Å²) in [5.41, 5.74) is 7.68. The first-order chi connectivity index (χ1) is 18.6. The molecule has 2 N–H and O–H groups in total. The number of para-hydroxylation sites is 1. The van der Waals surface area contributed by atoms with E-state index >= 15 is 0 Å². The zero-order chi connectivity index (χ0) is 27.9. The fourth-order valence-electron chi connectivity index (χ4n) is 5.45. The molecule has 0 aliphatic carbocycles. The van der Waals surface area contributed by atoms with Crippen molar-refractivity contribution in [2.45, 2.75) is 32.9 Å². The molecule has 5 rings (SSSR count). The molecule has 2 aromatic carbocycles. The number of aromatic nitrogens is 2. The molecule has 0 amide bonds. The van der Waals surface area contributed by atoms with Crippen molar-refractivity contribution < 1.29 is 13.2 Å². The lowest BCUT2D eigenvalue weighted by atomic mass is 9.93. The van der Waals surface area contributed by atoms with E-state index in [0.29, 0.717) is 16.5 Å². The van der Waals surface area contributed by atoms with Gasteiger partial charge in [0.2, 0.25) is 10.0 Å². The fraction of sp³-hybridized carbons (Fsp3) is 0.241. The molecular formula is C29H31N5O3S2. The predicted octanol–water partition coefficient (Wildman–Crippen LogP) is 5.35. The molecule has 0 saturated carbocycles. The highest BCUT2D eigenvalue weighted by Gasteiger charge is 2.43. The molecule has 0 spiro atoms. The lowest BCUT2D eigenvalue weighted by Gasteiger charge is -2.29. The largest absolute Gasteiger partial charge is 0.494 e. The number of benzene rings is 2. The Hall–Kier alpha value is -3.89. The van der Waals surface area contributed by atoms with Gasteiger partial charge in [-0.05, 0) is 75.0 Å². The highest BCUT2D eigenvalue weighted by atomic mass is 32.2. The van der Waals surface area contributed by atoms with E-state index in [-0.39, 0.29) is 12.1 Å². The van der Waals surface area contributed by atoms with Crippen LogP contribution in [0.5, 0.6) is 5.75 Å². The quantitative estimate of drug-likeness (QED) is 0.294. The Morgan fingerprint density at radius 3 is 2.33 bits per heavy atom. The van der Waals surface area contributed by atoms with Crippen molar-refractivity contribution in [1.29, 1.82) is 0 Å². The molecule has 8 nitrogen and oxygen atoms in total. The van der Waals surface area contributed by atoms with Gasteiger partial charge in [0.25, 0.3) is 0 Å². The Morgan fingerprint density at radius 1 is 0.974 bits per heavy atom. The zero-order valence-corrected chi connectivity index (χ0v) is 24.1. The Balaban J connectivity index is 1.70. The van der Waals surface area contributed by atoms with Crippen molar-refractivity contribution in [2.24, 2.45) is 0 Å². The minimum atomic E-state index is -3.48. The summed E-state index contributed by atoms with van der Waals surface area (Å²) >= 11 is 5.92. The van der Waals surface area contributed by atoms with Crippen LogP contribution in [0.25, 0.3) is 5.69 Å². The first kappa shape index (κ1) is 26.7. The number of thiocarbonyl (C=S) groups is 1. The van der Waals surface area contributed by atoms with Gasteiger partial charge >= 0.3 is 0 Å². The Morgan fingerprint density at radius 2 is 1.69 bits per heavy atom. The van der Waals surface area contributed by atoms with Crippen LogP contribution in [0.3, 0.4) is 0 Å². The first-order valence-corrected chi connectivity index (χ1v) is 14.8. The maximum absolute atomic E-state index is 11.9. The average molecular weight is 562 g/mol. The smallest absolute Gasteiger partial charge is 0.229 e. The molecule has 2 atom stereocenters. The van der Waals surface area contributed by atoms with E-state index in [1.165, 1.54) is 12.7 Å². The van der Waals surface area contributed by atoms with Gasteiger partial charge in [-0.1, -0.05) is 24.3 Å². The summed E-state index contributed by atoms with van der Waals surface area (Å²) in [5, 5.41) is 4.06. The monoisotopic (exact) mass is 561 g/mol. The number of pyridine rings is 1. The van der Waals surface area contributed by atoms with Gasteiger partial charge in [-0.25, -0.2) is 8.42 Å². The van der Waals surface area contributed by atoms with Crippen LogP contribution in [-0.2, 0) is 10.0 Å². The van der Waals surface area contributed by atoms with E-state index in [4.69, 9.17) is 17.0 Å². The van der Waals surface area contributed by atoms with E-state index < -0.39 is 10.0 Å². The van der Waals surface area contributed by atoms with Crippen LogP contribution < -0.4 is 19.7 Å². The molecule has 0 radical (unpaired) electrons. The predicted molar refractivity (Wildman–Crippen MR) is 159 cm³/mol. The van der Waals surface area contributed by atoms with Crippen LogP contribution in [0, 0.1) is 20.8 Å². The second-order valence-electron chi connectivity index (χ2n) is 9.64. The van der Waals surface area contributed by atoms with E-state index in [1.54, 1.807) is 18.3 Å². The zero-order valence-electron chi connectivity index (χ0n) is 22.5. The molecule has 39 heavy (non-hydrogen) atoms. The van der Waals surface area contributed by atoms with E-state index in [1.807, 2.05) is 42.5 Å². The molecule has 1 aliphatic rings. The number of anilines is 2. The maximum Gasteiger partial charge on any atom is 0.229 e. The number of hydrogen-bond acceptors (Lipinski definition) is 5. The van der Waals surface area contributed by atoms with Gasteiger partial charge in [-0.3, -0.25) is 9.71 Å². The number of sulfonamides is 1. The summed E-state index contributed by atoms with van der Waals surface area (Å²) < 4.78 is 34.2. The van der Waals surface area contributed by atoms with Gasteiger partial charge in [-0.2, -0.15) is 0 Å². The molecule has 0 bridgehead atoms. The van der Waals surface area contributed by atoms with Gasteiger partial charge in [-0.15, -0.1) is 0 Å². The SMILES string of the molecule is COc1cc(N2C(=S)N[C@@H](c3ccccn3)[C@H]2c2c(C)c(C)n(-c3ccccc3)c2C)ccc1NS(C)(=O)=O. The molecule has 4 aromatic rings. The number of nitrogens with zero attached hydrogens (tertiary/aromatic N) is 3. The molecule has 2 aromatic heterocycles. The minimum absolute atomic E-state index is 0.220. The summed E-state index contributed by atoms with van der Waals surface area (Å²) in [6.07, 6.45) is 2.90. The molecule has 202 valence electrons. The fourth-order valence-corrected chi connectivity index (χ4v) is 6.36. The van der Waals surface area contributed by atoms with Crippen LogP contribution in [-0.4, -0.2) is 36.4 Å². The molecular weight excluding hydrogens is 530 g/mol. The van der Waals surface area contributed by atoms with Crippen molar-refractivity contribution in [2.75, 3.05) is 23.0 Å². The number of nitrogens with one attached hydrogen (secondary N) is 2. The number of methoxy groups -OCH3 is 1. The molecule has 0 unspecified atom stereocenters. The maximum atomic E-state index is 11.9. The second-order valence-corrected chi connectivity index (χ2v) is 11.8. The van der Waals surface area contributed by atoms with E-state index in [0.717, 1.165) is 40.3 Å². The number of ether oxygens (including phenoxy) is 1. The minimum Gasteiger partial charge on any atom is -0.494 e. The molecule has 1 saturated heterocycles. The van der Waals surface area contributed by atoms with Crippen LogP contribution in [0.15, 0.2) is 72.9 Å². The van der Waals surface area contributed by atoms with Gasteiger partial charge in [0.1, 0.15) is 5.75 Å². The van der Waals surface area contributed by atoms with E-state index in [9.17, 15) is 8.42 Å². The lowest BCUT2D eigenvalue weighted by molar-refractivity contribution is 0.417. The van der Waals surface area contributed by atoms with Gasteiger partial charge in [0.05, 0.1) is 36.8 Å². The van der Waals surface area contributed by atoms with Crippen LogP contribution in [0.1, 0.15) is 40.3 Å². The van der Waals surface area contributed by atoms with Crippen molar-refractivity contribution in [3.8, 4) is 11.4 Å². The first-order valence-electron chi connectivity index (χ1n) is 12.5. The third-order valence-electron chi connectivity index (χ3n) is 7.17. The van der Waals surface area contributed by atoms with Crippen molar-refractivity contribution in [3.63, 3.8) is 0 Å². The van der Waals surface area contributed by atoms with Gasteiger partial charge < -0.3 is 19.5 Å². The summed E-state index contributed by atoms with van der Waals surface area (Å²) in [7, 11) is -1.97. The summed E-state index contributed by atoms with van der Waals surface area (Å²) in [6, 6.07) is 21.1. The van der Waals surface area contributed by atoms with E-state index in [2.05, 4.69) is 57.4 Å². The summed E-state index contributed by atoms with van der Waals surface area (Å²) in [4.78, 5) is 6.75. The summed E-state index contributed by atoms with van der Waals surface area (Å²) in [5.74, 6) is 0.396. The highest BCUT2D eigenvalue weighted by molar-refractivity contribution is 7.92. The molecule has 10 heteroatoms. The van der Waals surface area contributed by atoms with Crippen LogP contribution in [0.4, 0.5) is 11.4 Å². The van der Waals surface area contributed by atoms with Crippen molar-refractivity contribution in [1.82, 2.24) is 14.9 Å². The summed E-state index contributed by atoms with van der Waals surface area (Å²) in [6.45, 7) is 6.41. The van der Waals surface area contributed by atoms with Crippen molar-refractivity contribution >= 4 is 38.7 Å². The third-order valence-corrected chi connectivity index (χ3v) is 8.08. The second kappa shape index (κ2) is 10.3. The van der Waals surface area contributed by atoms with Crippen molar-refractivity contribution in [3.05, 3.63) is 101 Å². The average Bonchev–Trinajstić information content (AvgIpc) is 3.36. The molecule has 1 fully saturated rings.